The largest absolute Gasteiger partial charge is 0.356 e. The molecule has 0 atom stereocenters. The second-order valence-corrected chi connectivity index (χ2v) is 6.68. The molecule has 0 bridgehead atoms. The van der Waals surface area contributed by atoms with Crippen molar-refractivity contribution < 1.29 is 4.79 Å². The van der Waals surface area contributed by atoms with Gasteiger partial charge in [0.25, 0.3) is 5.91 Å². The molecule has 0 unspecified atom stereocenters. The summed E-state index contributed by atoms with van der Waals surface area (Å²) in [6, 6.07) is 2.05. The van der Waals surface area contributed by atoms with E-state index in [9.17, 15) is 4.79 Å². The highest BCUT2D eigenvalue weighted by molar-refractivity contribution is 5.96. The van der Waals surface area contributed by atoms with Gasteiger partial charge in [0.1, 0.15) is 5.82 Å². The first-order chi connectivity index (χ1) is 12.0. The summed E-state index contributed by atoms with van der Waals surface area (Å²) >= 11 is 0. The third-order valence-electron chi connectivity index (χ3n) is 4.87. The number of carbonyl (C=O) groups is 1. The number of hydrogen-bond donors (Lipinski definition) is 0. The molecule has 1 fully saturated rings. The van der Waals surface area contributed by atoms with Gasteiger partial charge in [0.05, 0.1) is 5.39 Å². The van der Waals surface area contributed by atoms with Gasteiger partial charge in [0.2, 0.25) is 5.82 Å². The van der Waals surface area contributed by atoms with Gasteiger partial charge < -0.3 is 9.80 Å². The third-order valence-corrected chi connectivity index (χ3v) is 4.87. The quantitative estimate of drug-likeness (QED) is 0.855. The molecule has 3 rings (SSSR count). The molecule has 2 aromatic rings. The van der Waals surface area contributed by atoms with Crippen LogP contribution in [0.5, 0.6) is 0 Å². The van der Waals surface area contributed by atoms with Crippen LogP contribution in [0.2, 0.25) is 0 Å². The predicted molar refractivity (Wildman–Crippen MR) is 100 cm³/mol. The Morgan fingerprint density at radius 3 is 2.40 bits per heavy atom. The minimum Gasteiger partial charge on any atom is -0.356 e. The summed E-state index contributed by atoms with van der Waals surface area (Å²) in [6.45, 7) is 11.4. The summed E-state index contributed by atoms with van der Waals surface area (Å²) in [5, 5.41) is 0.949. The van der Waals surface area contributed by atoms with Gasteiger partial charge in [-0.05, 0) is 58.6 Å². The molecule has 1 aliphatic heterocycles. The number of piperidine rings is 1. The summed E-state index contributed by atoms with van der Waals surface area (Å²) in [4.78, 5) is 30.8. The van der Waals surface area contributed by atoms with Crippen molar-refractivity contribution in [3.8, 4) is 0 Å². The smallest absolute Gasteiger partial charge is 0.291 e. The number of rotatable bonds is 4. The molecular formula is C19H27N5O. The maximum absolute atomic E-state index is 12.9. The Labute approximate surface area is 149 Å². The van der Waals surface area contributed by atoms with Crippen molar-refractivity contribution in [1.82, 2.24) is 19.9 Å². The van der Waals surface area contributed by atoms with E-state index in [1.54, 1.807) is 0 Å². The van der Waals surface area contributed by atoms with Crippen molar-refractivity contribution in [3.05, 3.63) is 23.1 Å². The molecule has 6 heteroatoms. The van der Waals surface area contributed by atoms with Gasteiger partial charge in [-0.15, -0.1) is 0 Å². The molecule has 3 heterocycles. The highest BCUT2D eigenvalue weighted by Gasteiger charge is 2.24. The Bertz CT molecular complexity index is 779. The Kier molecular flexibility index (Phi) is 5.16. The van der Waals surface area contributed by atoms with Gasteiger partial charge in [0.15, 0.2) is 5.65 Å². The van der Waals surface area contributed by atoms with Crippen molar-refractivity contribution in [2.45, 2.75) is 47.0 Å². The fourth-order valence-electron chi connectivity index (χ4n) is 3.54. The zero-order chi connectivity index (χ0) is 18.0. The molecule has 1 amide bonds. The van der Waals surface area contributed by atoms with E-state index in [-0.39, 0.29) is 11.7 Å². The monoisotopic (exact) mass is 341 g/mol. The maximum atomic E-state index is 12.9. The van der Waals surface area contributed by atoms with E-state index in [4.69, 9.17) is 4.98 Å². The Morgan fingerprint density at radius 1 is 1.08 bits per heavy atom. The van der Waals surface area contributed by atoms with Gasteiger partial charge in [-0.2, -0.15) is 0 Å². The van der Waals surface area contributed by atoms with Crippen LogP contribution in [0.1, 0.15) is 55.0 Å². The topological polar surface area (TPSA) is 62.2 Å². The highest BCUT2D eigenvalue weighted by Crippen LogP contribution is 2.27. The number of hydrogen-bond acceptors (Lipinski definition) is 5. The summed E-state index contributed by atoms with van der Waals surface area (Å²) in [5.74, 6) is 1.02. The lowest BCUT2D eigenvalue weighted by atomic mass is 10.1. The fourth-order valence-corrected chi connectivity index (χ4v) is 3.54. The van der Waals surface area contributed by atoms with E-state index in [1.165, 1.54) is 6.42 Å². The molecule has 6 nitrogen and oxygen atoms in total. The van der Waals surface area contributed by atoms with Gasteiger partial charge in [-0.25, -0.2) is 15.0 Å². The zero-order valence-corrected chi connectivity index (χ0v) is 15.7. The minimum absolute atomic E-state index is 0.0732. The second kappa shape index (κ2) is 7.33. The lowest BCUT2D eigenvalue weighted by molar-refractivity contribution is 0.0712. The summed E-state index contributed by atoms with van der Waals surface area (Å²) in [6.07, 6.45) is 3.30. The summed E-state index contributed by atoms with van der Waals surface area (Å²) in [5.41, 5.74) is 2.63. The molecule has 0 radical (unpaired) electrons. The lowest BCUT2D eigenvalue weighted by Crippen LogP contribution is -2.37. The number of aryl methyl sites for hydroxylation is 2. The number of aromatic nitrogens is 3. The van der Waals surface area contributed by atoms with Crippen molar-refractivity contribution in [2.24, 2.45) is 0 Å². The average Bonchev–Trinajstić information content (AvgIpc) is 2.62. The molecule has 2 aromatic heterocycles. The molecule has 1 aliphatic rings. The Balaban J connectivity index is 2.15. The van der Waals surface area contributed by atoms with Crippen LogP contribution in [-0.2, 0) is 0 Å². The zero-order valence-electron chi connectivity index (χ0n) is 15.7. The van der Waals surface area contributed by atoms with Crippen molar-refractivity contribution >= 4 is 22.8 Å². The van der Waals surface area contributed by atoms with Crippen LogP contribution in [0.3, 0.4) is 0 Å². The molecule has 0 N–H and O–H groups in total. The minimum atomic E-state index is -0.0732. The molecule has 0 aliphatic carbocycles. The van der Waals surface area contributed by atoms with Crippen molar-refractivity contribution in [2.75, 3.05) is 31.1 Å². The average molecular weight is 341 g/mol. The van der Waals surface area contributed by atoms with Gasteiger partial charge in [0, 0.05) is 31.9 Å². The normalized spacial score (nSPS) is 14.8. The van der Waals surface area contributed by atoms with Crippen molar-refractivity contribution in [3.63, 3.8) is 0 Å². The van der Waals surface area contributed by atoms with Crippen LogP contribution >= 0.6 is 0 Å². The van der Waals surface area contributed by atoms with E-state index in [2.05, 4.69) is 35.6 Å². The summed E-state index contributed by atoms with van der Waals surface area (Å²) in [7, 11) is 0. The summed E-state index contributed by atoms with van der Waals surface area (Å²) < 4.78 is 0. The number of amides is 1. The highest BCUT2D eigenvalue weighted by atomic mass is 16.2. The van der Waals surface area contributed by atoms with Gasteiger partial charge >= 0.3 is 0 Å². The fraction of sp³-hybridized carbons (Fsp3) is 0.579. The molecule has 134 valence electrons. The van der Waals surface area contributed by atoms with E-state index in [0.29, 0.717) is 5.65 Å². The molecule has 0 saturated carbocycles. The van der Waals surface area contributed by atoms with Gasteiger partial charge in [-0.1, -0.05) is 0 Å². The van der Waals surface area contributed by atoms with Crippen LogP contribution in [0.25, 0.3) is 11.0 Å². The first-order valence-electron chi connectivity index (χ1n) is 9.25. The molecule has 0 spiro atoms. The third kappa shape index (κ3) is 3.43. The molecular weight excluding hydrogens is 314 g/mol. The molecule has 1 saturated heterocycles. The van der Waals surface area contributed by atoms with Gasteiger partial charge in [-0.3, -0.25) is 4.79 Å². The maximum Gasteiger partial charge on any atom is 0.291 e. The second-order valence-electron chi connectivity index (χ2n) is 6.68. The number of anilines is 1. The first-order valence-corrected chi connectivity index (χ1v) is 9.25. The van der Waals surface area contributed by atoms with Crippen LogP contribution in [0.15, 0.2) is 6.07 Å². The lowest BCUT2D eigenvalue weighted by Gasteiger charge is -2.27. The number of pyridine rings is 1. The SMILES string of the molecule is CCN(CC)c1nc(C(=O)N2CCCCC2)nc2nc(C)cc(C)c12. The number of likely N-dealkylation sites (tertiary alicyclic amines) is 1. The number of nitrogens with zero attached hydrogens (tertiary/aromatic N) is 5. The van der Waals surface area contributed by atoms with Crippen LogP contribution in [-0.4, -0.2) is 51.9 Å². The standard InChI is InChI=1S/C19H27N5O/c1-5-23(6-2)18-15-13(3)12-14(4)20-16(15)21-17(22-18)19(25)24-10-8-7-9-11-24/h12H,5-11H2,1-4H3. The molecule has 0 aromatic carbocycles. The van der Waals surface area contributed by atoms with E-state index >= 15 is 0 Å². The van der Waals surface area contributed by atoms with E-state index in [0.717, 1.165) is 61.5 Å². The predicted octanol–water partition coefficient (Wildman–Crippen LogP) is 3.11. The Morgan fingerprint density at radius 2 is 1.76 bits per heavy atom. The van der Waals surface area contributed by atoms with Crippen LogP contribution in [0, 0.1) is 13.8 Å². The first kappa shape index (κ1) is 17.6. The van der Waals surface area contributed by atoms with E-state index < -0.39 is 0 Å². The number of carbonyl (C=O) groups excluding carboxylic acids is 1. The van der Waals surface area contributed by atoms with Crippen LogP contribution < -0.4 is 4.90 Å². The number of fused-ring (bicyclic) bond motifs is 1. The Hall–Kier alpha value is -2.24. The van der Waals surface area contributed by atoms with E-state index in [1.807, 2.05) is 17.9 Å². The van der Waals surface area contributed by atoms with Crippen molar-refractivity contribution in [1.29, 1.82) is 0 Å². The van der Waals surface area contributed by atoms with Crippen LogP contribution in [0.4, 0.5) is 5.82 Å². The molecule has 25 heavy (non-hydrogen) atoms.